The van der Waals surface area contributed by atoms with Gasteiger partial charge in [0.1, 0.15) is 0 Å². The third kappa shape index (κ3) is 1.74. The zero-order chi connectivity index (χ0) is 11.0. The van der Waals surface area contributed by atoms with Crippen molar-refractivity contribution in [3.05, 3.63) is 43.1 Å². The summed E-state index contributed by atoms with van der Waals surface area (Å²) < 4.78 is 5.32. The lowest BCUT2D eigenvalue weighted by Gasteiger charge is -2.02. The van der Waals surface area contributed by atoms with Crippen molar-refractivity contribution in [1.82, 2.24) is 4.98 Å². The van der Waals surface area contributed by atoms with Crippen LogP contribution < -0.4 is 11.4 Å². The molecule has 0 aliphatic heterocycles. The Balaban J connectivity index is 3.03. The van der Waals surface area contributed by atoms with Crippen LogP contribution in [0.25, 0.3) is 10.9 Å². The summed E-state index contributed by atoms with van der Waals surface area (Å²) in [6, 6.07) is 3.53. The molecule has 0 atom stereocenters. The lowest BCUT2D eigenvalue weighted by atomic mass is 10.1. The molecule has 0 fully saturated rings. The van der Waals surface area contributed by atoms with Crippen molar-refractivity contribution >= 4 is 26.8 Å². The fraction of sp³-hybridized carbons (Fsp3) is 0.200. The molecule has 0 aliphatic carbocycles. The maximum absolute atomic E-state index is 11.5. The molecule has 1 aromatic heterocycles. The molecule has 15 heavy (non-hydrogen) atoms. The molecular formula is C10H8BrNO3. The molecule has 1 heterocycles. The summed E-state index contributed by atoms with van der Waals surface area (Å²) in [5.74, 6) is -0.729. The molecule has 0 radical (unpaired) electrons. The van der Waals surface area contributed by atoms with Gasteiger partial charge in [-0.05, 0) is 24.1 Å². The second-order valence-electron chi connectivity index (χ2n) is 3.14. The fourth-order valence-electron chi connectivity index (χ4n) is 1.55. The minimum absolute atomic E-state index is 0.445. The number of H-pyrrole nitrogens is 1. The van der Waals surface area contributed by atoms with Crippen LogP contribution in [0.5, 0.6) is 0 Å². The van der Waals surface area contributed by atoms with Crippen LogP contribution in [0.15, 0.2) is 30.6 Å². The van der Waals surface area contributed by atoms with Gasteiger partial charge in [0.25, 0.3) is 0 Å². The van der Waals surface area contributed by atoms with Gasteiger partial charge in [-0.2, -0.15) is 0 Å². The van der Waals surface area contributed by atoms with Crippen molar-refractivity contribution < 1.29 is 4.42 Å². The standard InChI is InChI=1S/C10H8BrNO3/c1-2-5-3-6(11)4-7-8(5)9(13)15-10(14)12-7/h3-4H,2H2,1H3,(H,12,14). The fourth-order valence-corrected chi connectivity index (χ4v) is 2.06. The molecule has 0 spiro atoms. The highest BCUT2D eigenvalue weighted by Crippen LogP contribution is 2.20. The van der Waals surface area contributed by atoms with Crippen molar-refractivity contribution in [3.8, 4) is 0 Å². The molecule has 1 N–H and O–H groups in total. The number of rotatable bonds is 1. The largest absolute Gasteiger partial charge is 0.419 e. The van der Waals surface area contributed by atoms with E-state index in [1.165, 1.54) is 0 Å². The highest BCUT2D eigenvalue weighted by atomic mass is 79.9. The van der Waals surface area contributed by atoms with Crippen LogP contribution >= 0.6 is 15.9 Å². The van der Waals surface area contributed by atoms with E-state index in [4.69, 9.17) is 0 Å². The summed E-state index contributed by atoms with van der Waals surface area (Å²) in [7, 11) is 0. The summed E-state index contributed by atoms with van der Waals surface area (Å²) in [5, 5.41) is 0.445. The van der Waals surface area contributed by atoms with Crippen molar-refractivity contribution in [1.29, 1.82) is 0 Å². The highest BCUT2D eigenvalue weighted by molar-refractivity contribution is 9.10. The van der Waals surface area contributed by atoms with E-state index >= 15 is 0 Å². The second-order valence-corrected chi connectivity index (χ2v) is 4.06. The van der Waals surface area contributed by atoms with E-state index in [1.807, 2.05) is 13.0 Å². The number of aromatic nitrogens is 1. The van der Waals surface area contributed by atoms with E-state index < -0.39 is 11.4 Å². The molecule has 4 nitrogen and oxygen atoms in total. The Bertz CT molecular complexity index is 627. The Morgan fingerprint density at radius 3 is 2.80 bits per heavy atom. The van der Waals surface area contributed by atoms with Gasteiger partial charge in [-0.25, -0.2) is 9.59 Å². The molecule has 78 valence electrons. The number of hydrogen-bond donors (Lipinski definition) is 1. The molecule has 2 aromatic rings. The Morgan fingerprint density at radius 1 is 1.40 bits per heavy atom. The average Bonchev–Trinajstić information content (AvgIpc) is 2.14. The first-order valence-corrected chi connectivity index (χ1v) is 5.26. The molecule has 0 aliphatic rings. The number of aromatic amines is 1. The van der Waals surface area contributed by atoms with Gasteiger partial charge in [-0.15, -0.1) is 0 Å². The maximum Gasteiger partial charge on any atom is 0.419 e. The number of aryl methyl sites for hydroxylation is 1. The Hall–Kier alpha value is -1.36. The van der Waals surface area contributed by atoms with E-state index in [9.17, 15) is 9.59 Å². The molecular weight excluding hydrogens is 262 g/mol. The quantitative estimate of drug-likeness (QED) is 0.859. The Morgan fingerprint density at radius 2 is 2.13 bits per heavy atom. The average molecular weight is 270 g/mol. The zero-order valence-corrected chi connectivity index (χ0v) is 9.55. The number of fused-ring (bicyclic) bond motifs is 1. The van der Waals surface area contributed by atoms with Crippen molar-refractivity contribution in [2.45, 2.75) is 13.3 Å². The summed E-state index contributed by atoms with van der Waals surface area (Å²) >= 11 is 3.32. The van der Waals surface area contributed by atoms with Gasteiger partial charge in [-0.3, -0.25) is 4.98 Å². The lowest BCUT2D eigenvalue weighted by molar-refractivity contribution is 0.459. The van der Waals surface area contributed by atoms with Gasteiger partial charge < -0.3 is 4.42 Å². The molecule has 0 saturated carbocycles. The number of benzene rings is 1. The van der Waals surface area contributed by atoms with Gasteiger partial charge >= 0.3 is 11.4 Å². The molecule has 0 amide bonds. The van der Waals surface area contributed by atoms with Crippen molar-refractivity contribution in [2.75, 3.05) is 0 Å². The lowest BCUT2D eigenvalue weighted by Crippen LogP contribution is -2.15. The first kappa shape index (κ1) is 10.2. The Kier molecular flexibility index (Phi) is 2.48. The van der Waals surface area contributed by atoms with Crippen LogP contribution in [0.1, 0.15) is 12.5 Å². The first-order chi connectivity index (χ1) is 7.11. The summed E-state index contributed by atoms with van der Waals surface area (Å²) in [6.45, 7) is 1.94. The monoisotopic (exact) mass is 269 g/mol. The molecule has 0 unspecified atom stereocenters. The van der Waals surface area contributed by atoms with Crippen LogP contribution in [-0.2, 0) is 6.42 Å². The Labute approximate surface area is 93.1 Å². The van der Waals surface area contributed by atoms with Crippen molar-refractivity contribution in [2.24, 2.45) is 0 Å². The van der Waals surface area contributed by atoms with Crippen LogP contribution in [0.4, 0.5) is 0 Å². The van der Waals surface area contributed by atoms with E-state index in [0.717, 1.165) is 10.0 Å². The third-order valence-corrected chi connectivity index (χ3v) is 2.65. The molecule has 2 rings (SSSR count). The first-order valence-electron chi connectivity index (χ1n) is 4.47. The van der Waals surface area contributed by atoms with E-state index in [0.29, 0.717) is 17.3 Å². The summed E-state index contributed by atoms with van der Waals surface area (Å²) in [5.41, 5.74) is 0.768. The predicted molar refractivity (Wildman–Crippen MR) is 60.2 cm³/mol. The van der Waals surface area contributed by atoms with Crippen LogP contribution in [0.2, 0.25) is 0 Å². The molecule has 1 aromatic carbocycles. The number of hydrogen-bond acceptors (Lipinski definition) is 3. The second kappa shape index (κ2) is 3.66. The van der Waals surface area contributed by atoms with Gasteiger partial charge in [-0.1, -0.05) is 22.9 Å². The topological polar surface area (TPSA) is 63.1 Å². The predicted octanol–water partition coefficient (Wildman–Crippen LogP) is 1.81. The van der Waals surface area contributed by atoms with Gasteiger partial charge in [0.2, 0.25) is 0 Å². The van der Waals surface area contributed by atoms with E-state index in [2.05, 4.69) is 25.3 Å². The normalized spacial score (nSPS) is 10.8. The highest BCUT2D eigenvalue weighted by Gasteiger charge is 2.08. The SMILES string of the molecule is CCc1cc(Br)cc2[nH]c(=O)oc(=O)c12. The van der Waals surface area contributed by atoms with Crippen molar-refractivity contribution in [3.63, 3.8) is 0 Å². The minimum atomic E-state index is -0.729. The van der Waals surface area contributed by atoms with E-state index in [-0.39, 0.29) is 0 Å². The number of nitrogens with one attached hydrogen (secondary N) is 1. The third-order valence-electron chi connectivity index (χ3n) is 2.19. The number of halogens is 1. The molecule has 5 heteroatoms. The minimum Gasteiger partial charge on any atom is -0.372 e. The van der Waals surface area contributed by atoms with Crippen LogP contribution in [0.3, 0.4) is 0 Å². The molecule has 0 bridgehead atoms. The van der Waals surface area contributed by atoms with Gasteiger partial charge in [0.15, 0.2) is 0 Å². The van der Waals surface area contributed by atoms with Crippen LogP contribution in [0, 0.1) is 0 Å². The maximum atomic E-state index is 11.5. The van der Waals surface area contributed by atoms with E-state index in [1.54, 1.807) is 6.07 Å². The van der Waals surface area contributed by atoms with Crippen LogP contribution in [-0.4, -0.2) is 4.98 Å². The van der Waals surface area contributed by atoms with Gasteiger partial charge in [0.05, 0.1) is 10.9 Å². The summed E-state index contributed by atoms with van der Waals surface area (Å²) in [4.78, 5) is 25.0. The smallest absolute Gasteiger partial charge is 0.372 e. The molecule has 0 saturated heterocycles. The zero-order valence-electron chi connectivity index (χ0n) is 7.96. The summed E-state index contributed by atoms with van der Waals surface area (Å²) in [6.07, 6.45) is 0.701. The van der Waals surface area contributed by atoms with Gasteiger partial charge in [0, 0.05) is 4.47 Å².